The van der Waals surface area contributed by atoms with Crippen molar-refractivity contribution in [2.75, 3.05) is 6.61 Å². The number of rotatable bonds is 6. The summed E-state index contributed by atoms with van der Waals surface area (Å²) in [6.45, 7) is 4.13. The number of esters is 1. The minimum Gasteiger partial charge on any atom is -0.460 e. The Hall–Kier alpha value is -2.09. The molecule has 0 aliphatic rings. The van der Waals surface area contributed by atoms with E-state index in [1.165, 1.54) is 45.0 Å². The van der Waals surface area contributed by atoms with Crippen molar-refractivity contribution in [2.45, 2.75) is 38.7 Å². The van der Waals surface area contributed by atoms with E-state index in [1.54, 1.807) is 6.07 Å². The number of nitrogens with two attached hydrogens (primary N) is 1. The molecule has 0 aromatic heterocycles. The monoisotopic (exact) mass is 333 g/mol. The van der Waals surface area contributed by atoms with Crippen LogP contribution < -0.4 is 10.6 Å². The molecule has 3 N–H and O–H groups in total. The molecule has 8 heteroatoms. The van der Waals surface area contributed by atoms with Crippen molar-refractivity contribution in [3.05, 3.63) is 35.9 Å². The van der Waals surface area contributed by atoms with Crippen LogP contribution in [-0.4, -0.2) is 36.4 Å². The van der Waals surface area contributed by atoms with E-state index in [4.69, 9.17) is 0 Å². The fourth-order valence-electron chi connectivity index (χ4n) is 2.03. The summed E-state index contributed by atoms with van der Waals surface area (Å²) in [5.74, 6) is -2.56. The molecular formula is C15H20F3N2O3+. The van der Waals surface area contributed by atoms with Gasteiger partial charge in [0.05, 0.1) is 12.6 Å². The zero-order valence-corrected chi connectivity index (χ0v) is 13.1. The molecule has 1 aromatic rings. The maximum Gasteiger partial charge on any atom is 0.478 e. The summed E-state index contributed by atoms with van der Waals surface area (Å²) >= 11 is 0. The Morgan fingerprint density at radius 1 is 1.22 bits per heavy atom. The van der Waals surface area contributed by atoms with Crippen molar-refractivity contribution in [1.29, 1.82) is 0 Å². The van der Waals surface area contributed by atoms with Gasteiger partial charge >= 0.3 is 17.8 Å². The van der Waals surface area contributed by atoms with Gasteiger partial charge in [-0.2, -0.15) is 13.2 Å². The molecule has 0 saturated carbocycles. The predicted molar refractivity (Wildman–Crippen MR) is 76.4 cm³/mol. The molecule has 1 rings (SSSR count). The molecule has 0 radical (unpaired) electrons. The summed E-state index contributed by atoms with van der Waals surface area (Å²) in [5, 5.41) is 2.55. The van der Waals surface area contributed by atoms with E-state index in [0.29, 0.717) is 0 Å². The molecular weight excluding hydrogens is 313 g/mol. The van der Waals surface area contributed by atoms with Gasteiger partial charge in [0.25, 0.3) is 5.91 Å². The number of benzene rings is 1. The second-order valence-electron chi connectivity index (χ2n) is 5.26. The van der Waals surface area contributed by atoms with Gasteiger partial charge in [0.2, 0.25) is 0 Å². The number of hydrogen-bond acceptors (Lipinski definition) is 3. The Morgan fingerprint density at radius 2 is 1.78 bits per heavy atom. The average Bonchev–Trinajstić information content (AvgIpc) is 2.45. The quantitative estimate of drug-likeness (QED) is 0.607. The van der Waals surface area contributed by atoms with Gasteiger partial charge in [-0.25, -0.2) is 4.79 Å². The zero-order valence-electron chi connectivity index (χ0n) is 13.1. The molecule has 0 aliphatic heterocycles. The summed E-state index contributed by atoms with van der Waals surface area (Å²) in [6.07, 6.45) is -5.03. The molecule has 5 nitrogen and oxygen atoms in total. The number of ether oxygens (including phenoxy) is 1. The van der Waals surface area contributed by atoms with Crippen LogP contribution in [0.3, 0.4) is 0 Å². The molecule has 0 fully saturated rings. The molecule has 1 amide bonds. The number of carbonyl (C=O) groups is 2. The Kier molecular flexibility index (Phi) is 6.14. The van der Waals surface area contributed by atoms with Crippen LogP contribution in [0.1, 0.15) is 31.1 Å². The fourth-order valence-corrected chi connectivity index (χ4v) is 2.03. The minimum atomic E-state index is -5.03. The molecule has 0 spiro atoms. The smallest absolute Gasteiger partial charge is 0.460 e. The van der Waals surface area contributed by atoms with Gasteiger partial charge in [0.1, 0.15) is 0 Å². The SMILES string of the molecule is CCOC(=O)[C@@](NC(=O)c1ccccc1)([NH2+]C(C)C)C(F)(F)F. The maximum absolute atomic E-state index is 13.6. The Bertz CT molecular complexity index is 547. The highest BCUT2D eigenvalue weighted by Gasteiger charge is 2.67. The predicted octanol–water partition coefficient (Wildman–Crippen LogP) is 1.21. The van der Waals surface area contributed by atoms with Crippen LogP contribution in [0.5, 0.6) is 0 Å². The number of amides is 1. The number of quaternary nitrogens is 1. The Labute approximate surface area is 132 Å². The number of alkyl halides is 3. The summed E-state index contributed by atoms with van der Waals surface area (Å²) in [4.78, 5) is 24.2. The highest BCUT2D eigenvalue weighted by molar-refractivity contribution is 5.97. The normalized spacial score (nSPS) is 14.2. The molecule has 0 heterocycles. The van der Waals surface area contributed by atoms with Crippen LogP contribution in [-0.2, 0) is 9.53 Å². The lowest BCUT2D eigenvalue weighted by Crippen LogP contribution is -3.09. The van der Waals surface area contributed by atoms with Crippen molar-refractivity contribution in [3.63, 3.8) is 0 Å². The Balaban J connectivity index is 3.26. The van der Waals surface area contributed by atoms with E-state index in [0.717, 1.165) is 5.32 Å². The van der Waals surface area contributed by atoms with Crippen LogP contribution in [0.4, 0.5) is 13.2 Å². The molecule has 128 valence electrons. The first-order valence-corrected chi connectivity index (χ1v) is 7.11. The molecule has 1 atom stereocenters. The molecule has 23 heavy (non-hydrogen) atoms. The van der Waals surface area contributed by atoms with Gasteiger partial charge in [-0.15, -0.1) is 0 Å². The van der Waals surface area contributed by atoms with Crippen molar-refractivity contribution < 1.29 is 32.8 Å². The summed E-state index contributed by atoms with van der Waals surface area (Å²) in [5.41, 5.74) is -3.17. The summed E-state index contributed by atoms with van der Waals surface area (Å²) < 4.78 is 45.5. The molecule has 0 aliphatic carbocycles. The van der Waals surface area contributed by atoms with Crippen molar-refractivity contribution >= 4 is 11.9 Å². The van der Waals surface area contributed by atoms with Crippen molar-refractivity contribution in [3.8, 4) is 0 Å². The lowest BCUT2D eigenvalue weighted by molar-refractivity contribution is -0.766. The van der Waals surface area contributed by atoms with Crippen molar-refractivity contribution in [1.82, 2.24) is 5.32 Å². The average molecular weight is 333 g/mol. The van der Waals surface area contributed by atoms with Crippen LogP contribution in [0.2, 0.25) is 0 Å². The van der Waals surface area contributed by atoms with Crippen LogP contribution >= 0.6 is 0 Å². The minimum absolute atomic E-state index is 0.0163. The molecule has 1 aromatic carbocycles. The first kappa shape index (κ1) is 19.0. The largest absolute Gasteiger partial charge is 0.478 e. The van der Waals surface area contributed by atoms with Gasteiger partial charge in [-0.3, -0.25) is 10.1 Å². The lowest BCUT2D eigenvalue weighted by Gasteiger charge is -2.32. The number of nitrogens with one attached hydrogen (secondary N) is 1. The fraction of sp³-hybridized carbons (Fsp3) is 0.467. The van der Waals surface area contributed by atoms with Crippen LogP contribution in [0.15, 0.2) is 30.3 Å². The van der Waals surface area contributed by atoms with Gasteiger partial charge in [0, 0.05) is 5.56 Å². The first-order chi connectivity index (χ1) is 10.6. The van der Waals surface area contributed by atoms with E-state index in [9.17, 15) is 22.8 Å². The van der Waals surface area contributed by atoms with Crippen LogP contribution in [0, 0.1) is 0 Å². The third-order valence-corrected chi connectivity index (χ3v) is 2.97. The highest BCUT2D eigenvalue weighted by Crippen LogP contribution is 2.27. The summed E-state index contributed by atoms with van der Waals surface area (Å²) in [6, 6.07) is 6.76. The van der Waals surface area contributed by atoms with E-state index >= 15 is 0 Å². The zero-order chi connectivity index (χ0) is 17.7. The van der Waals surface area contributed by atoms with Gasteiger partial charge in [-0.1, -0.05) is 18.2 Å². The third kappa shape index (κ3) is 4.44. The number of carbonyl (C=O) groups excluding carboxylic acids is 2. The van der Waals surface area contributed by atoms with Gasteiger partial charge < -0.3 is 10.1 Å². The van der Waals surface area contributed by atoms with E-state index in [-0.39, 0.29) is 12.2 Å². The second-order valence-corrected chi connectivity index (χ2v) is 5.26. The highest BCUT2D eigenvalue weighted by atomic mass is 19.4. The van der Waals surface area contributed by atoms with E-state index < -0.39 is 29.8 Å². The van der Waals surface area contributed by atoms with E-state index in [1.807, 2.05) is 5.32 Å². The van der Waals surface area contributed by atoms with Crippen LogP contribution in [0.25, 0.3) is 0 Å². The number of halogens is 3. The van der Waals surface area contributed by atoms with E-state index in [2.05, 4.69) is 4.74 Å². The van der Waals surface area contributed by atoms with Gasteiger partial charge in [-0.05, 0) is 32.9 Å². The molecule has 0 saturated heterocycles. The third-order valence-electron chi connectivity index (χ3n) is 2.97. The molecule has 0 bridgehead atoms. The molecule has 0 unspecified atom stereocenters. The Morgan fingerprint density at radius 3 is 2.22 bits per heavy atom. The standard InChI is InChI=1S/C15H19F3N2O3/c1-4-23-13(22)14(15(16,17)18,19-10(2)3)20-12(21)11-8-6-5-7-9-11/h5-10,19H,4H2,1-3H3,(H,20,21)/p+1/t14-/m0/s1. The van der Waals surface area contributed by atoms with Crippen molar-refractivity contribution in [2.24, 2.45) is 0 Å². The lowest BCUT2D eigenvalue weighted by atomic mass is 10.1. The van der Waals surface area contributed by atoms with Gasteiger partial charge in [0.15, 0.2) is 0 Å². The maximum atomic E-state index is 13.6. The first-order valence-electron chi connectivity index (χ1n) is 7.11. The summed E-state index contributed by atoms with van der Waals surface area (Å²) in [7, 11) is 0. The topological polar surface area (TPSA) is 72.0 Å². The number of hydrogen-bond donors (Lipinski definition) is 2. The second kappa shape index (κ2) is 7.45.